The van der Waals surface area contributed by atoms with Crippen LogP contribution in [0.15, 0.2) is 25.0 Å². The lowest BCUT2D eigenvalue weighted by Crippen LogP contribution is -2.16. The van der Waals surface area contributed by atoms with E-state index in [-0.39, 0.29) is 19.5 Å². The van der Waals surface area contributed by atoms with Crippen molar-refractivity contribution in [1.29, 1.82) is 0 Å². The van der Waals surface area contributed by atoms with Crippen molar-refractivity contribution in [1.82, 2.24) is 0 Å². The first kappa shape index (κ1) is 12.7. The normalized spacial score (nSPS) is 11.6. The van der Waals surface area contributed by atoms with Crippen LogP contribution in [0.4, 0.5) is 0 Å². The summed E-state index contributed by atoms with van der Waals surface area (Å²) in [6.45, 7) is 10.6. The minimum absolute atomic E-state index is 0.191. The van der Waals surface area contributed by atoms with Gasteiger partial charge in [-0.05, 0) is 13.8 Å². The molecule has 0 aliphatic heterocycles. The summed E-state index contributed by atoms with van der Waals surface area (Å²) in [4.78, 5) is 10.9. The maximum atomic E-state index is 10.9. The monoisotopic (exact) mass is 200 g/mol. The van der Waals surface area contributed by atoms with Gasteiger partial charge < -0.3 is 14.2 Å². The number of hydrogen-bond donors (Lipinski definition) is 0. The van der Waals surface area contributed by atoms with Crippen molar-refractivity contribution in [2.24, 2.45) is 0 Å². The van der Waals surface area contributed by atoms with E-state index in [0.29, 0.717) is 5.57 Å². The molecule has 0 spiro atoms. The maximum absolute atomic E-state index is 10.9. The van der Waals surface area contributed by atoms with Gasteiger partial charge in [-0.1, -0.05) is 13.2 Å². The minimum Gasteiger partial charge on any atom is -0.473 e. The Hall–Kier alpha value is -1.29. The maximum Gasteiger partial charge on any atom is 0.333 e. The van der Waals surface area contributed by atoms with Crippen molar-refractivity contribution in [2.75, 3.05) is 13.2 Å². The van der Waals surface area contributed by atoms with Crippen molar-refractivity contribution in [3.63, 3.8) is 0 Å². The topological polar surface area (TPSA) is 44.8 Å². The molecule has 0 aromatic heterocycles. The fourth-order valence-corrected chi connectivity index (χ4v) is 0.646. The molecule has 0 fully saturated rings. The zero-order chi connectivity index (χ0) is 11.0. The van der Waals surface area contributed by atoms with Crippen molar-refractivity contribution in [3.05, 3.63) is 25.0 Å². The number of carbonyl (C=O) groups is 1. The van der Waals surface area contributed by atoms with E-state index in [4.69, 9.17) is 14.2 Å². The zero-order valence-corrected chi connectivity index (χ0v) is 8.62. The highest BCUT2D eigenvalue weighted by Crippen LogP contribution is 1.95. The summed E-state index contributed by atoms with van der Waals surface area (Å²) in [5.41, 5.74) is 0.375. The van der Waals surface area contributed by atoms with Crippen molar-refractivity contribution in [3.8, 4) is 0 Å². The van der Waals surface area contributed by atoms with Crippen molar-refractivity contribution in [2.45, 2.75) is 20.1 Å². The van der Waals surface area contributed by atoms with E-state index in [1.807, 2.05) is 0 Å². The van der Waals surface area contributed by atoms with E-state index in [1.165, 1.54) is 6.26 Å². The summed E-state index contributed by atoms with van der Waals surface area (Å²) < 4.78 is 14.8. The van der Waals surface area contributed by atoms with Gasteiger partial charge in [-0.2, -0.15) is 0 Å². The fourth-order valence-electron chi connectivity index (χ4n) is 0.646. The van der Waals surface area contributed by atoms with Crippen LogP contribution in [0.1, 0.15) is 13.8 Å². The highest BCUT2D eigenvalue weighted by molar-refractivity contribution is 5.86. The van der Waals surface area contributed by atoms with Gasteiger partial charge in [0.1, 0.15) is 6.61 Å². The first-order valence-electron chi connectivity index (χ1n) is 4.28. The van der Waals surface area contributed by atoms with Gasteiger partial charge in [0.25, 0.3) is 0 Å². The van der Waals surface area contributed by atoms with Crippen LogP contribution in [0.5, 0.6) is 0 Å². The molecule has 0 radical (unpaired) electrons. The van der Waals surface area contributed by atoms with E-state index >= 15 is 0 Å². The molecule has 0 saturated heterocycles. The van der Waals surface area contributed by atoms with Gasteiger partial charge in [-0.3, -0.25) is 0 Å². The smallest absolute Gasteiger partial charge is 0.333 e. The SMILES string of the molecule is C=COC(C)OCCOC(=O)C(=C)C. The molecule has 80 valence electrons. The Labute approximate surface area is 84.1 Å². The van der Waals surface area contributed by atoms with Crippen LogP contribution in [0.25, 0.3) is 0 Å². The number of carbonyl (C=O) groups excluding carboxylic acids is 1. The van der Waals surface area contributed by atoms with E-state index in [2.05, 4.69) is 13.2 Å². The van der Waals surface area contributed by atoms with Crippen LogP contribution in [0.2, 0.25) is 0 Å². The molecule has 0 aromatic carbocycles. The second kappa shape index (κ2) is 7.15. The van der Waals surface area contributed by atoms with E-state index in [1.54, 1.807) is 13.8 Å². The number of esters is 1. The van der Waals surface area contributed by atoms with Gasteiger partial charge in [-0.15, -0.1) is 0 Å². The molecule has 0 N–H and O–H groups in total. The molecule has 0 heterocycles. The number of hydrogen-bond acceptors (Lipinski definition) is 4. The van der Waals surface area contributed by atoms with Gasteiger partial charge in [0, 0.05) is 5.57 Å². The molecule has 14 heavy (non-hydrogen) atoms. The van der Waals surface area contributed by atoms with E-state index in [0.717, 1.165) is 0 Å². The fraction of sp³-hybridized carbons (Fsp3) is 0.500. The van der Waals surface area contributed by atoms with Crippen LogP contribution in [-0.2, 0) is 19.0 Å². The lowest BCUT2D eigenvalue weighted by molar-refractivity contribution is -0.145. The summed E-state index contributed by atoms with van der Waals surface area (Å²) >= 11 is 0. The largest absolute Gasteiger partial charge is 0.473 e. The Morgan fingerprint density at radius 3 is 2.64 bits per heavy atom. The molecular weight excluding hydrogens is 184 g/mol. The lowest BCUT2D eigenvalue weighted by Gasteiger charge is -2.11. The highest BCUT2D eigenvalue weighted by Gasteiger charge is 2.03. The minimum atomic E-state index is -0.411. The Morgan fingerprint density at radius 2 is 2.14 bits per heavy atom. The quantitative estimate of drug-likeness (QED) is 0.206. The van der Waals surface area contributed by atoms with Gasteiger partial charge in [0.2, 0.25) is 0 Å². The second-order valence-corrected chi connectivity index (χ2v) is 2.66. The molecule has 0 amide bonds. The van der Waals surface area contributed by atoms with E-state index < -0.39 is 5.97 Å². The molecule has 0 saturated carbocycles. The molecular formula is C10H16O4. The third kappa shape index (κ3) is 6.25. The van der Waals surface area contributed by atoms with Gasteiger partial charge in [0.05, 0.1) is 12.9 Å². The van der Waals surface area contributed by atoms with Crippen LogP contribution in [-0.4, -0.2) is 25.5 Å². The van der Waals surface area contributed by atoms with Crippen LogP contribution >= 0.6 is 0 Å². The highest BCUT2D eigenvalue weighted by atomic mass is 16.7. The molecule has 0 bridgehead atoms. The Balaban J connectivity index is 3.42. The molecule has 0 aliphatic carbocycles. The Kier molecular flexibility index (Phi) is 6.49. The predicted molar refractivity (Wildman–Crippen MR) is 52.5 cm³/mol. The third-order valence-corrected chi connectivity index (χ3v) is 1.31. The number of ether oxygens (including phenoxy) is 3. The average Bonchev–Trinajstić information content (AvgIpc) is 2.12. The molecule has 0 aromatic rings. The second-order valence-electron chi connectivity index (χ2n) is 2.66. The summed E-state index contributed by atoms with van der Waals surface area (Å²) in [6.07, 6.45) is 0.918. The van der Waals surface area contributed by atoms with Crippen LogP contribution < -0.4 is 0 Å². The zero-order valence-electron chi connectivity index (χ0n) is 8.62. The van der Waals surface area contributed by atoms with Crippen molar-refractivity contribution < 1.29 is 19.0 Å². The summed E-state index contributed by atoms with van der Waals surface area (Å²) in [5, 5.41) is 0. The lowest BCUT2D eigenvalue weighted by atomic mass is 10.4. The van der Waals surface area contributed by atoms with Gasteiger partial charge in [-0.25, -0.2) is 4.79 Å². The molecule has 0 rings (SSSR count). The summed E-state index contributed by atoms with van der Waals surface area (Å²) in [7, 11) is 0. The van der Waals surface area contributed by atoms with Crippen molar-refractivity contribution >= 4 is 5.97 Å². The van der Waals surface area contributed by atoms with E-state index in [9.17, 15) is 4.79 Å². The number of rotatable bonds is 7. The molecule has 4 heteroatoms. The standard InChI is InChI=1S/C10H16O4/c1-5-12-9(4)13-6-7-14-10(11)8(2)3/h5,9H,1-2,6-7H2,3-4H3. The van der Waals surface area contributed by atoms with Gasteiger partial charge in [0.15, 0.2) is 6.29 Å². The predicted octanol–water partition coefficient (Wildman–Crippen LogP) is 1.63. The molecule has 1 atom stereocenters. The Bertz CT molecular complexity index is 210. The third-order valence-electron chi connectivity index (χ3n) is 1.31. The van der Waals surface area contributed by atoms with Crippen LogP contribution in [0, 0.1) is 0 Å². The van der Waals surface area contributed by atoms with Crippen LogP contribution in [0.3, 0.4) is 0 Å². The first-order chi connectivity index (χ1) is 6.57. The Morgan fingerprint density at radius 1 is 1.50 bits per heavy atom. The molecule has 0 aliphatic rings. The first-order valence-corrected chi connectivity index (χ1v) is 4.28. The van der Waals surface area contributed by atoms with Gasteiger partial charge >= 0.3 is 5.97 Å². The summed E-state index contributed by atoms with van der Waals surface area (Å²) in [5.74, 6) is -0.411. The average molecular weight is 200 g/mol. The molecule has 1 unspecified atom stereocenters. The molecule has 4 nitrogen and oxygen atoms in total. The summed E-state index contributed by atoms with van der Waals surface area (Å²) in [6, 6.07) is 0.